The third-order valence-electron chi connectivity index (χ3n) is 5.48. The Morgan fingerprint density at radius 3 is 2.65 bits per heavy atom. The zero-order valence-electron chi connectivity index (χ0n) is 19.0. The average molecular weight is 420 g/mol. The first kappa shape index (κ1) is 21.1. The Bertz CT molecular complexity index is 1130. The molecule has 31 heavy (non-hydrogen) atoms. The van der Waals surface area contributed by atoms with Crippen LogP contribution in [0.5, 0.6) is 0 Å². The quantitative estimate of drug-likeness (QED) is 0.681. The molecule has 1 N–H and O–H groups in total. The topological polar surface area (TPSA) is 88.8 Å². The predicted octanol–water partition coefficient (Wildman–Crippen LogP) is 3.49. The van der Waals surface area contributed by atoms with Gasteiger partial charge in [-0.1, -0.05) is 26.8 Å². The van der Waals surface area contributed by atoms with E-state index in [9.17, 15) is 4.79 Å². The minimum atomic E-state index is -0.149. The van der Waals surface area contributed by atoms with Crippen LogP contribution < -0.4 is 10.2 Å². The van der Waals surface area contributed by atoms with E-state index in [1.807, 2.05) is 35.9 Å². The van der Waals surface area contributed by atoms with Gasteiger partial charge in [-0.3, -0.25) is 14.7 Å². The van der Waals surface area contributed by atoms with Crippen molar-refractivity contribution in [3.05, 3.63) is 53.1 Å². The van der Waals surface area contributed by atoms with E-state index in [-0.39, 0.29) is 17.4 Å². The summed E-state index contributed by atoms with van der Waals surface area (Å²) in [4.78, 5) is 24.8. The molecule has 4 rings (SSSR count). The molecule has 1 amide bonds. The summed E-state index contributed by atoms with van der Waals surface area (Å²) in [6.45, 7) is 11.5. The van der Waals surface area contributed by atoms with Gasteiger partial charge in [-0.25, -0.2) is 4.98 Å². The number of pyridine rings is 2. The summed E-state index contributed by atoms with van der Waals surface area (Å²) in [5.41, 5.74) is 4.04. The normalized spacial score (nSPS) is 13.9. The van der Waals surface area contributed by atoms with Gasteiger partial charge in [-0.05, 0) is 39.1 Å². The van der Waals surface area contributed by atoms with Crippen LogP contribution in [0.2, 0.25) is 0 Å². The van der Waals surface area contributed by atoms with Gasteiger partial charge in [0, 0.05) is 34.8 Å². The number of nitrogens with one attached hydrogen (secondary N) is 1. The highest BCUT2D eigenvalue weighted by molar-refractivity contribution is 6.09. The number of hydrogen-bond acceptors (Lipinski definition) is 6. The van der Waals surface area contributed by atoms with Crippen LogP contribution in [-0.4, -0.2) is 37.7 Å². The molecule has 0 spiro atoms. The molecule has 0 aliphatic carbocycles. The number of nitrogens with zero attached hydrogens (tertiary/aromatic N) is 6. The second-order valence-electron chi connectivity index (χ2n) is 9.19. The second kappa shape index (κ2) is 7.85. The van der Waals surface area contributed by atoms with Gasteiger partial charge in [0.05, 0.1) is 12.2 Å². The zero-order chi connectivity index (χ0) is 22.3. The lowest BCUT2D eigenvalue weighted by atomic mass is 9.89. The summed E-state index contributed by atoms with van der Waals surface area (Å²) >= 11 is 0. The van der Waals surface area contributed by atoms with Gasteiger partial charge in [0.25, 0.3) is 5.91 Å². The highest BCUT2D eigenvalue weighted by atomic mass is 16.2. The van der Waals surface area contributed by atoms with Crippen LogP contribution in [0, 0.1) is 0 Å². The van der Waals surface area contributed by atoms with Gasteiger partial charge in [-0.15, -0.1) is 10.2 Å². The molecule has 4 heterocycles. The van der Waals surface area contributed by atoms with Gasteiger partial charge < -0.3 is 9.88 Å². The van der Waals surface area contributed by atoms with Crippen LogP contribution in [0.3, 0.4) is 0 Å². The Balaban J connectivity index is 1.74. The summed E-state index contributed by atoms with van der Waals surface area (Å²) in [6.07, 6.45) is 1.70. The molecule has 0 atom stereocenters. The van der Waals surface area contributed by atoms with E-state index >= 15 is 0 Å². The number of rotatable bonds is 5. The van der Waals surface area contributed by atoms with Crippen molar-refractivity contribution >= 4 is 11.7 Å². The Hall–Kier alpha value is -3.13. The van der Waals surface area contributed by atoms with E-state index in [4.69, 9.17) is 9.97 Å². The minimum Gasteiger partial charge on any atom is -0.314 e. The smallest absolute Gasteiger partial charge is 0.260 e. The molecule has 0 saturated carbocycles. The first-order chi connectivity index (χ1) is 14.7. The van der Waals surface area contributed by atoms with Crippen LogP contribution in [0.4, 0.5) is 5.82 Å². The first-order valence-corrected chi connectivity index (χ1v) is 10.6. The maximum atomic E-state index is 13.4. The largest absolute Gasteiger partial charge is 0.314 e. The van der Waals surface area contributed by atoms with Crippen LogP contribution in [0.25, 0.3) is 11.5 Å². The molecule has 0 saturated heterocycles. The molecule has 1 aliphatic rings. The molecule has 0 radical (unpaired) electrons. The fourth-order valence-electron chi connectivity index (χ4n) is 3.75. The number of aromatic nitrogens is 5. The van der Waals surface area contributed by atoms with Gasteiger partial charge in [-0.2, -0.15) is 0 Å². The lowest BCUT2D eigenvalue weighted by Gasteiger charge is -2.20. The van der Waals surface area contributed by atoms with E-state index in [0.717, 1.165) is 17.0 Å². The number of hydrogen-bond donors (Lipinski definition) is 1. The number of carbonyl (C=O) groups excluding carboxylic acids is 1. The Morgan fingerprint density at radius 2 is 1.97 bits per heavy atom. The monoisotopic (exact) mass is 419 g/mol. The van der Waals surface area contributed by atoms with Crippen molar-refractivity contribution < 1.29 is 4.79 Å². The molecule has 8 nitrogen and oxygen atoms in total. The van der Waals surface area contributed by atoms with Crippen molar-refractivity contribution in [1.82, 2.24) is 30.0 Å². The number of fused-ring (bicyclic) bond motifs is 1. The molecule has 0 fully saturated rings. The highest BCUT2D eigenvalue weighted by Gasteiger charge is 2.34. The van der Waals surface area contributed by atoms with Gasteiger partial charge >= 0.3 is 0 Å². The maximum absolute atomic E-state index is 13.4. The van der Waals surface area contributed by atoms with Gasteiger partial charge in [0.15, 0.2) is 5.82 Å². The van der Waals surface area contributed by atoms with E-state index in [1.165, 1.54) is 0 Å². The van der Waals surface area contributed by atoms with Crippen LogP contribution in [0.15, 0.2) is 30.6 Å². The molecular formula is C23H29N7O. The average Bonchev–Trinajstić information content (AvgIpc) is 3.33. The lowest BCUT2D eigenvalue weighted by molar-refractivity contribution is 0.0995. The van der Waals surface area contributed by atoms with Crippen molar-refractivity contribution in [3.63, 3.8) is 0 Å². The maximum Gasteiger partial charge on any atom is 0.260 e. The van der Waals surface area contributed by atoms with Gasteiger partial charge in [0.2, 0.25) is 0 Å². The van der Waals surface area contributed by atoms with E-state index in [2.05, 4.69) is 50.1 Å². The summed E-state index contributed by atoms with van der Waals surface area (Å²) in [7, 11) is 1.89. The van der Waals surface area contributed by atoms with Crippen molar-refractivity contribution in [2.45, 2.75) is 59.2 Å². The summed E-state index contributed by atoms with van der Waals surface area (Å²) in [6, 6.07) is 7.81. The predicted molar refractivity (Wildman–Crippen MR) is 120 cm³/mol. The van der Waals surface area contributed by atoms with Crippen molar-refractivity contribution in [2.24, 2.45) is 0 Å². The lowest BCUT2D eigenvalue weighted by Crippen LogP contribution is -2.24. The fourth-order valence-corrected chi connectivity index (χ4v) is 3.75. The number of carbonyl (C=O) groups is 1. The van der Waals surface area contributed by atoms with Crippen LogP contribution >= 0.6 is 0 Å². The highest BCUT2D eigenvalue weighted by Crippen LogP contribution is 2.33. The van der Waals surface area contributed by atoms with E-state index in [0.29, 0.717) is 36.0 Å². The van der Waals surface area contributed by atoms with Crippen molar-refractivity contribution in [1.29, 1.82) is 0 Å². The molecule has 3 aromatic rings. The molecule has 162 valence electrons. The Kier molecular flexibility index (Phi) is 5.35. The number of amides is 1. The molecule has 0 aromatic carbocycles. The van der Waals surface area contributed by atoms with Crippen LogP contribution in [0.1, 0.15) is 68.0 Å². The van der Waals surface area contributed by atoms with E-state index < -0.39 is 0 Å². The Morgan fingerprint density at radius 1 is 1.19 bits per heavy atom. The molecule has 0 bridgehead atoms. The van der Waals surface area contributed by atoms with E-state index in [1.54, 1.807) is 11.2 Å². The molecule has 3 aromatic heterocycles. The molecular weight excluding hydrogens is 390 g/mol. The van der Waals surface area contributed by atoms with Crippen LogP contribution in [-0.2, 0) is 18.5 Å². The van der Waals surface area contributed by atoms with Gasteiger partial charge in [0.1, 0.15) is 17.8 Å². The SMILES string of the molecule is CNCc1nc(C(C)(C)C)cc2c1CN(c1cccc(-c3nncn3C(C)C)n1)C2=O. The molecule has 8 heteroatoms. The third kappa shape index (κ3) is 3.83. The molecule has 0 unspecified atom stereocenters. The summed E-state index contributed by atoms with van der Waals surface area (Å²) in [5, 5.41) is 11.5. The molecule has 1 aliphatic heterocycles. The Labute approximate surface area is 182 Å². The standard InChI is InChI=1S/C23H29N7O/c1-14(2)30-13-25-28-21(30)17-8-7-9-20(27-17)29-12-16-15(22(29)31)10-19(23(3,4)5)26-18(16)11-24-6/h7-10,13-14,24H,11-12H2,1-6H3. The second-order valence-corrected chi connectivity index (χ2v) is 9.19. The first-order valence-electron chi connectivity index (χ1n) is 10.6. The number of anilines is 1. The van der Waals surface area contributed by atoms with Crippen molar-refractivity contribution in [3.8, 4) is 11.5 Å². The van der Waals surface area contributed by atoms with Crippen molar-refractivity contribution in [2.75, 3.05) is 11.9 Å². The zero-order valence-corrected chi connectivity index (χ0v) is 19.0. The summed E-state index contributed by atoms with van der Waals surface area (Å²) < 4.78 is 1.97. The minimum absolute atomic E-state index is 0.0461. The summed E-state index contributed by atoms with van der Waals surface area (Å²) in [5.74, 6) is 1.24. The third-order valence-corrected chi connectivity index (χ3v) is 5.48. The fraction of sp³-hybridized carbons (Fsp3) is 0.435.